The molecule has 3 heteroatoms. The van der Waals surface area contributed by atoms with Gasteiger partial charge in [-0.2, -0.15) is 0 Å². The molecule has 0 N–H and O–H groups in total. The molecule has 2 heterocycles. The largest absolute Gasteiger partial charge is 0.311 e. The maximum atomic E-state index is 2.40. The normalized spacial score (nSPS) is 11.5. The van der Waals surface area contributed by atoms with Gasteiger partial charge in [0.2, 0.25) is 0 Å². The van der Waals surface area contributed by atoms with E-state index in [0.29, 0.717) is 0 Å². The zero-order valence-electron chi connectivity index (χ0n) is 34.5. The third-order valence-corrected chi connectivity index (χ3v) is 12.5. The van der Waals surface area contributed by atoms with Gasteiger partial charge in [0.05, 0.1) is 22.1 Å². The molecule has 63 heavy (non-hydrogen) atoms. The van der Waals surface area contributed by atoms with E-state index in [2.05, 4.69) is 263 Å². The van der Waals surface area contributed by atoms with Crippen LogP contribution in [0.5, 0.6) is 0 Å². The van der Waals surface area contributed by atoms with Gasteiger partial charge in [0.1, 0.15) is 0 Å². The van der Waals surface area contributed by atoms with Crippen LogP contribution in [0.3, 0.4) is 0 Å². The van der Waals surface area contributed by atoms with Crippen LogP contribution >= 0.6 is 0 Å². The van der Waals surface area contributed by atoms with Gasteiger partial charge in [-0.1, -0.05) is 158 Å². The molecule has 0 saturated carbocycles. The van der Waals surface area contributed by atoms with Crippen molar-refractivity contribution in [2.75, 3.05) is 4.90 Å². The van der Waals surface area contributed by atoms with Crippen molar-refractivity contribution in [3.63, 3.8) is 0 Å². The maximum Gasteiger partial charge on any atom is 0.0547 e. The molecule has 0 bridgehead atoms. The number of nitrogens with zero attached hydrogens (tertiary/aromatic N) is 3. The van der Waals surface area contributed by atoms with Gasteiger partial charge in [-0.3, -0.25) is 0 Å². The third kappa shape index (κ3) is 6.38. The number of benzene rings is 10. The molecule has 0 aliphatic rings. The first-order valence-electron chi connectivity index (χ1n) is 21.6. The minimum atomic E-state index is 1.10. The van der Waals surface area contributed by atoms with Crippen LogP contribution in [0.25, 0.3) is 88.4 Å². The molecule has 2 aromatic heterocycles. The van der Waals surface area contributed by atoms with Crippen molar-refractivity contribution < 1.29 is 0 Å². The summed E-state index contributed by atoms with van der Waals surface area (Å²) in [6.45, 7) is 0. The second-order valence-corrected chi connectivity index (χ2v) is 16.2. The van der Waals surface area contributed by atoms with E-state index in [1.54, 1.807) is 0 Å². The third-order valence-electron chi connectivity index (χ3n) is 12.5. The van der Waals surface area contributed by atoms with Gasteiger partial charge in [0.15, 0.2) is 0 Å². The minimum absolute atomic E-state index is 1.10. The summed E-state index contributed by atoms with van der Waals surface area (Å²) in [5, 5.41) is 5.00. The summed E-state index contributed by atoms with van der Waals surface area (Å²) in [5.41, 5.74) is 17.6. The number of anilines is 3. The lowest BCUT2D eigenvalue weighted by molar-refractivity contribution is 1.18. The van der Waals surface area contributed by atoms with Crippen LogP contribution in [-0.2, 0) is 0 Å². The lowest BCUT2D eigenvalue weighted by Gasteiger charge is -2.26. The number of rotatable bonds is 8. The Kier molecular flexibility index (Phi) is 8.83. The Morgan fingerprint density at radius 1 is 0.222 bits per heavy atom. The fourth-order valence-electron chi connectivity index (χ4n) is 9.50. The van der Waals surface area contributed by atoms with Crippen molar-refractivity contribution in [1.82, 2.24) is 9.13 Å². The van der Waals surface area contributed by atoms with E-state index in [4.69, 9.17) is 0 Å². The van der Waals surface area contributed by atoms with E-state index >= 15 is 0 Å². The van der Waals surface area contributed by atoms with Crippen LogP contribution in [0.1, 0.15) is 0 Å². The Morgan fingerprint density at radius 3 is 1.24 bits per heavy atom. The van der Waals surface area contributed by atoms with Crippen molar-refractivity contribution in [2.24, 2.45) is 0 Å². The Bertz CT molecular complexity index is 3570. The zero-order valence-corrected chi connectivity index (χ0v) is 34.5. The molecule has 0 unspecified atom stereocenters. The lowest BCUT2D eigenvalue weighted by atomic mass is 10.0. The van der Waals surface area contributed by atoms with Crippen molar-refractivity contribution in [2.45, 2.75) is 0 Å². The van der Waals surface area contributed by atoms with Crippen LogP contribution < -0.4 is 4.90 Å². The van der Waals surface area contributed by atoms with E-state index in [9.17, 15) is 0 Å². The summed E-state index contributed by atoms with van der Waals surface area (Å²) in [5.74, 6) is 0. The summed E-state index contributed by atoms with van der Waals surface area (Å²) in [4.78, 5) is 2.34. The molecule has 0 aliphatic heterocycles. The number of fused-ring (bicyclic) bond motifs is 6. The fraction of sp³-hybridized carbons (Fsp3) is 0. The van der Waals surface area contributed by atoms with E-state index in [0.717, 1.165) is 22.7 Å². The first-order valence-corrected chi connectivity index (χ1v) is 21.6. The molecule has 0 aliphatic carbocycles. The number of aromatic nitrogens is 2. The zero-order chi connectivity index (χ0) is 41.7. The molecule has 0 amide bonds. The molecule has 296 valence electrons. The molecular formula is C60H41N3. The Labute approximate surface area is 366 Å². The standard InChI is InChI=1S/C60H41N3/c1-4-14-42(15-5-1)43-24-36-52(37-25-43)63-57-22-12-10-20-53(57)55-38-30-47(41-60(55)63)45-28-34-51(35-29-45)61(48-16-6-2-7-17-48)50-32-26-44(27-33-50)46-31-39-59-56(40-46)54-21-11-13-23-58(54)62(59)49-18-8-3-9-19-49/h1-41H. The number of hydrogen-bond donors (Lipinski definition) is 0. The molecular weight excluding hydrogens is 763 g/mol. The van der Waals surface area contributed by atoms with Crippen LogP contribution in [-0.4, -0.2) is 9.13 Å². The first kappa shape index (κ1) is 36.5. The predicted octanol–water partition coefficient (Wildman–Crippen LogP) is 16.4. The van der Waals surface area contributed by atoms with Crippen molar-refractivity contribution >= 4 is 60.7 Å². The van der Waals surface area contributed by atoms with E-state index in [-0.39, 0.29) is 0 Å². The molecule has 3 nitrogen and oxygen atoms in total. The predicted molar refractivity (Wildman–Crippen MR) is 266 cm³/mol. The van der Waals surface area contributed by atoms with E-state index in [1.807, 2.05) is 0 Å². The second-order valence-electron chi connectivity index (χ2n) is 16.2. The van der Waals surface area contributed by atoms with Crippen molar-refractivity contribution in [3.8, 4) is 44.8 Å². The maximum absolute atomic E-state index is 2.40. The molecule has 0 atom stereocenters. The highest BCUT2D eigenvalue weighted by Crippen LogP contribution is 2.40. The number of hydrogen-bond acceptors (Lipinski definition) is 1. The molecule has 0 fully saturated rings. The van der Waals surface area contributed by atoms with Crippen molar-refractivity contribution in [3.05, 3.63) is 249 Å². The summed E-state index contributed by atoms with van der Waals surface area (Å²) >= 11 is 0. The highest BCUT2D eigenvalue weighted by atomic mass is 15.1. The molecule has 12 rings (SSSR count). The van der Waals surface area contributed by atoms with Gasteiger partial charge in [-0.05, 0) is 124 Å². The fourth-order valence-corrected chi connectivity index (χ4v) is 9.50. The molecule has 12 aromatic rings. The molecule has 0 saturated heterocycles. The molecule has 10 aromatic carbocycles. The minimum Gasteiger partial charge on any atom is -0.311 e. The number of para-hydroxylation sites is 4. The van der Waals surface area contributed by atoms with Crippen LogP contribution in [0.2, 0.25) is 0 Å². The average molecular weight is 804 g/mol. The Morgan fingerprint density at radius 2 is 0.603 bits per heavy atom. The van der Waals surface area contributed by atoms with Gasteiger partial charge < -0.3 is 14.0 Å². The summed E-state index contributed by atoms with van der Waals surface area (Å²) in [6, 6.07) is 90.0. The monoisotopic (exact) mass is 803 g/mol. The summed E-state index contributed by atoms with van der Waals surface area (Å²) < 4.78 is 4.77. The second kappa shape index (κ2) is 15.3. The Balaban J connectivity index is 0.886. The molecule has 0 radical (unpaired) electrons. The highest BCUT2D eigenvalue weighted by Gasteiger charge is 2.17. The van der Waals surface area contributed by atoms with Gasteiger partial charge in [0.25, 0.3) is 0 Å². The smallest absolute Gasteiger partial charge is 0.0547 e. The average Bonchev–Trinajstić information content (AvgIpc) is 3.88. The summed E-state index contributed by atoms with van der Waals surface area (Å²) in [7, 11) is 0. The quantitative estimate of drug-likeness (QED) is 0.149. The van der Waals surface area contributed by atoms with Gasteiger partial charge in [-0.15, -0.1) is 0 Å². The topological polar surface area (TPSA) is 13.1 Å². The SMILES string of the molecule is c1ccc(-c2ccc(-n3c4ccccc4c4ccc(-c5ccc(N(c6ccccc6)c6ccc(-c7ccc8c(c7)c7ccccc7n8-c7ccccc7)cc6)cc5)cc43)cc2)cc1. The van der Waals surface area contributed by atoms with Crippen LogP contribution in [0, 0.1) is 0 Å². The molecule has 0 spiro atoms. The first-order chi connectivity index (χ1) is 31.2. The van der Waals surface area contributed by atoms with Gasteiger partial charge >= 0.3 is 0 Å². The van der Waals surface area contributed by atoms with E-state index < -0.39 is 0 Å². The van der Waals surface area contributed by atoms with Gasteiger partial charge in [-0.25, -0.2) is 0 Å². The van der Waals surface area contributed by atoms with Crippen LogP contribution in [0.4, 0.5) is 17.1 Å². The Hall–Kier alpha value is -8.40. The van der Waals surface area contributed by atoms with E-state index in [1.165, 1.54) is 82.7 Å². The lowest BCUT2D eigenvalue weighted by Crippen LogP contribution is -2.09. The van der Waals surface area contributed by atoms with Gasteiger partial charge in [0, 0.05) is 50.0 Å². The van der Waals surface area contributed by atoms with Crippen LogP contribution in [0.15, 0.2) is 249 Å². The van der Waals surface area contributed by atoms with Crippen molar-refractivity contribution in [1.29, 1.82) is 0 Å². The highest BCUT2D eigenvalue weighted by molar-refractivity contribution is 6.11. The summed E-state index contributed by atoms with van der Waals surface area (Å²) in [6.07, 6.45) is 0.